The van der Waals surface area contributed by atoms with Gasteiger partial charge in [-0.1, -0.05) is 15.9 Å². The van der Waals surface area contributed by atoms with Crippen LogP contribution in [0.1, 0.15) is 0 Å². The molecule has 0 unspecified atom stereocenters. The molecule has 2 rings (SSSR count). The first kappa shape index (κ1) is 11.6. The molecule has 0 aliphatic rings. The van der Waals surface area contributed by atoms with E-state index in [1.165, 1.54) is 11.3 Å². The number of sulfonamides is 1. The number of nitrogens with one attached hydrogen (secondary N) is 1. The largest absolute Gasteiger partial charge is 0.270 e. The fourth-order valence-corrected chi connectivity index (χ4v) is 3.33. The lowest BCUT2D eigenvalue weighted by molar-refractivity contribution is 0.601. The van der Waals surface area contributed by atoms with Crippen LogP contribution in [0.15, 0.2) is 51.1 Å². The minimum Gasteiger partial charge on any atom is -0.270 e. The Hall–Kier alpha value is -0.850. The average molecular weight is 318 g/mol. The molecule has 1 heterocycles. The van der Waals surface area contributed by atoms with Gasteiger partial charge in [0.1, 0.15) is 5.00 Å². The third-order valence-electron chi connectivity index (χ3n) is 1.88. The zero-order valence-electron chi connectivity index (χ0n) is 8.05. The van der Waals surface area contributed by atoms with Crippen LogP contribution in [0.4, 0.5) is 5.00 Å². The van der Waals surface area contributed by atoms with Gasteiger partial charge in [-0.05, 0) is 41.8 Å². The summed E-state index contributed by atoms with van der Waals surface area (Å²) in [5.41, 5.74) is 0. The van der Waals surface area contributed by atoms with E-state index in [-0.39, 0.29) is 4.90 Å². The maximum atomic E-state index is 11.9. The highest BCUT2D eigenvalue weighted by atomic mass is 79.9. The molecule has 0 amide bonds. The Bertz CT molecular complexity index is 561. The zero-order chi connectivity index (χ0) is 11.6. The van der Waals surface area contributed by atoms with Crippen LogP contribution < -0.4 is 4.72 Å². The molecule has 0 spiro atoms. The van der Waals surface area contributed by atoms with Gasteiger partial charge in [-0.15, -0.1) is 11.3 Å². The zero-order valence-corrected chi connectivity index (χ0v) is 11.3. The fraction of sp³-hybridized carbons (Fsp3) is 0. The molecule has 0 bridgehead atoms. The first-order chi connectivity index (χ1) is 7.58. The summed E-state index contributed by atoms with van der Waals surface area (Å²) in [6.07, 6.45) is 0. The SMILES string of the molecule is O=S(=O)(Nc1cccs1)c1ccc(Br)cc1. The third-order valence-corrected chi connectivity index (χ3v) is 4.70. The van der Waals surface area contributed by atoms with Crippen molar-refractivity contribution in [2.75, 3.05) is 4.72 Å². The van der Waals surface area contributed by atoms with E-state index in [1.807, 2.05) is 5.38 Å². The van der Waals surface area contributed by atoms with Crippen molar-refractivity contribution in [1.29, 1.82) is 0 Å². The molecular weight excluding hydrogens is 310 g/mol. The van der Waals surface area contributed by atoms with E-state index in [0.717, 1.165) is 4.47 Å². The molecule has 2 aromatic rings. The third kappa shape index (κ3) is 2.63. The Morgan fingerprint density at radius 1 is 1.12 bits per heavy atom. The van der Waals surface area contributed by atoms with E-state index in [4.69, 9.17) is 0 Å². The second kappa shape index (κ2) is 4.57. The van der Waals surface area contributed by atoms with Crippen LogP contribution in [-0.2, 0) is 10.0 Å². The average Bonchev–Trinajstić information content (AvgIpc) is 2.70. The summed E-state index contributed by atoms with van der Waals surface area (Å²) >= 11 is 4.61. The predicted octanol–water partition coefficient (Wildman–Crippen LogP) is 3.31. The highest BCUT2D eigenvalue weighted by Gasteiger charge is 2.13. The number of hydrogen-bond donors (Lipinski definition) is 1. The van der Waals surface area contributed by atoms with Crippen molar-refractivity contribution in [3.8, 4) is 0 Å². The molecule has 0 aliphatic carbocycles. The van der Waals surface area contributed by atoms with Gasteiger partial charge < -0.3 is 0 Å². The number of anilines is 1. The summed E-state index contributed by atoms with van der Waals surface area (Å²) in [6.45, 7) is 0. The molecule has 1 N–H and O–H groups in total. The molecule has 0 saturated heterocycles. The molecular formula is C10H8BrNO2S2. The van der Waals surface area contributed by atoms with Gasteiger partial charge in [0.05, 0.1) is 4.90 Å². The van der Waals surface area contributed by atoms with Gasteiger partial charge in [-0.3, -0.25) is 4.72 Å². The van der Waals surface area contributed by atoms with Gasteiger partial charge in [0.2, 0.25) is 0 Å². The van der Waals surface area contributed by atoms with Crippen LogP contribution in [0.2, 0.25) is 0 Å². The standard InChI is InChI=1S/C10H8BrNO2S2/c11-8-3-5-9(6-4-8)16(13,14)12-10-2-1-7-15-10/h1-7,12H. The quantitative estimate of drug-likeness (QED) is 0.944. The smallest absolute Gasteiger partial charge is 0.262 e. The lowest BCUT2D eigenvalue weighted by Gasteiger charge is -2.05. The minimum atomic E-state index is -3.46. The van der Waals surface area contributed by atoms with E-state index in [1.54, 1.807) is 36.4 Å². The summed E-state index contributed by atoms with van der Waals surface area (Å²) < 4.78 is 27.1. The molecule has 84 valence electrons. The number of thiophene rings is 1. The Morgan fingerprint density at radius 2 is 1.81 bits per heavy atom. The lowest BCUT2D eigenvalue weighted by atomic mass is 10.4. The molecule has 0 radical (unpaired) electrons. The summed E-state index contributed by atoms with van der Waals surface area (Å²) in [5, 5.41) is 2.43. The lowest BCUT2D eigenvalue weighted by Crippen LogP contribution is -2.11. The van der Waals surface area contributed by atoms with Crippen molar-refractivity contribution in [2.24, 2.45) is 0 Å². The predicted molar refractivity (Wildman–Crippen MR) is 69.3 cm³/mol. The van der Waals surface area contributed by atoms with Crippen molar-refractivity contribution in [3.63, 3.8) is 0 Å². The first-order valence-electron chi connectivity index (χ1n) is 4.40. The molecule has 0 saturated carbocycles. The maximum absolute atomic E-state index is 11.9. The van der Waals surface area contributed by atoms with Gasteiger partial charge >= 0.3 is 0 Å². The first-order valence-corrected chi connectivity index (χ1v) is 7.55. The topological polar surface area (TPSA) is 46.2 Å². The number of halogens is 1. The minimum absolute atomic E-state index is 0.254. The van der Waals surface area contributed by atoms with Crippen LogP contribution >= 0.6 is 27.3 Å². The molecule has 1 aromatic heterocycles. The Kier molecular flexibility index (Phi) is 3.32. The van der Waals surface area contributed by atoms with Crippen LogP contribution in [-0.4, -0.2) is 8.42 Å². The van der Waals surface area contributed by atoms with Gasteiger partial charge in [0, 0.05) is 4.47 Å². The summed E-state index contributed by atoms with van der Waals surface area (Å²) in [5.74, 6) is 0. The van der Waals surface area contributed by atoms with Crippen LogP contribution in [0.5, 0.6) is 0 Å². The molecule has 0 fully saturated rings. The molecule has 3 nitrogen and oxygen atoms in total. The Morgan fingerprint density at radius 3 is 2.38 bits per heavy atom. The second-order valence-corrected chi connectivity index (χ2v) is 6.58. The number of benzene rings is 1. The van der Waals surface area contributed by atoms with E-state index in [0.29, 0.717) is 5.00 Å². The number of hydrogen-bond acceptors (Lipinski definition) is 3. The molecule has 6 heteroatoms. The van der Waals surface area contributed by atoms with Crippen LogP contribution in [0, 0.1) is 0 Å². The van der Waals surface area contributed by atoms with E-state index in [9.17, 15) is 8.42 Å². The van der Waals surface area contributed by atoms with Crippen molar-refractivity contribution in [1.82, 2.24) is 0 Å². The summed E-state index contributed by atoms with van der Waals surface area (Å²) in [6, 6.07) is 10.0. The van der Waals surface area contributed by atoms with Gasteiger partial charge in [0.25, 0.3) is 10.0 Å². The second-order valence-electron chi connectivity index (χ2n) is 3.04. The molecule has 0 atom stereocenters. The normalized spacial score (nSPS) is 11.3. The Labute approximate surface area is 106 Å². The Balaban J connectivity index is 2.29. The van der Waals surface area contributed by atoms with Gasteiger partial charge in [0.15, 0.2) is 0 Å². The van der Waals surface area contributed by atoms with Gasteiger partial charge in [-0.2, -0.15) is 0 Å². The monoisotopic (exact) mass is 317 g/mol. The van der Waals surface area contributed by atoms with Crippen molar-refractivity contribution in [2.45, 2.75) is 4.90 Å². The van der Waals surface area contributed by atoms with Crippen LogP contribution in [0.25, 0.3) is 0 Å². The molecule has 1 aromatic carbocycles. The fourth-order valence-electron chi connectivity index (χ4n) is 1.14. The number of rotatable bonds is 3. The van der Waals surface area contributed by atoms with Gasteiger partial charge in [-0.25, -0.2) is 8.42 Å². The highest BCUT2D eigenvalue weighted by molar-refractivity contribution is 9.10. The van der Waals surface area contributed by atoms with E-state index >= 15 is 0 Å². The molecule has 16 heavy (non-hydrogen) atoms. The van der Waals surface area contributed by atoms with Crippen LogP contribution in [0.3, 0.4) is 0 Å². The summed E-state index contributed by atoms with van der Waals surface area (Å²) in [4.78, 5) is 0.254. The maximum Gasteiger partial charge on any atom is 0.262 e. The summed E-state index contributed by atoms with van der Waals surface area (Å²) in [7, 11) is -3.46. The van der Waals surface area contributed by atoms with Crippen molar-refractivity contribution < 1.29 is 8.42 Å². The van der Waals surface area contributed by atoms with Crippen molar-refractivity contribution >= 4 is 42.3 Å². The van der Waals surface area contributed by atoms with E-state index in [2.05, 4.69) is 20.7 Å². The van der Waals surface area contributed by atoms with E-state index < -0.39 is 10.0 Å². The highest BCUT2D eigenvalue weighted by Crippen LogP contribution is 2.21. The van der Waals surface area contributed by atoms with Crippen molar-refractivity contribution in [3.05, 3.63) is 46.3 Å². The molecule has 0 aliphatic heterocycles.